The third-order valence-electron chi connectivity index (χ3n) is 5.30. The number of nitrogens with one attached hydrogen (secondary N) is 1. The van der Waals surface area contributed by atoms with Gasteiger partial charge in [0.2, 0.25) is 0 Å². The highest BCUT2D eigenvalue weighted by Gasteiger charge is 2.15. The number of methoxy groups -OCH3 is 1. The lowest BCUT2D eigenvalue weighted by Crippen LogP contribution is -2.13. The molecule has 0 saturated heterocycles. The summed E-state index contributed by atoms with van der Waals surface area (Å²) in [7, 11) is 1.48. The van der Waals surface area contributed by atoms with Gasteiger partial charge in [0.25, 0.3) is 5.91 Å². The second-order valence-electron chi connectivity index (χ2n) is 7.56. The summed E-state index contributed by atoms with van der Waals surface area (Å²) < 4.78 is 25.7. The minimum atomic E-state index is -0.529. The van der Waals surface area contributed by atoms with Gasteiger partial charge in [-0.15, -0.1) is 0 Å². The van der Waals surface area contributed by atoms with E-state index < -0.39 is 5.91 Å². The smallest absolute Gasteiger partial charge is 0.266 e. The number of anilines is 1. The SMILES string of the molecule is COc1cc(/C=C(\C#N)C(=O)Nc2cccc3ccccc23)cc(Br)c1OCc1ccccc1F. The van der Waals surface area contributed by atoms with Crippen LogP contribution in [0.15, 0.2) is 88.9 Å². The standard InChI is InChI=1S/C28H20BrFN2O3/c1-34-26-15-18(14-23(29)27(26)35-17-20-8-3-5-11-24(20)30)13-21(16-31)28(33)32-25-12-6-9-19-7-2-4-10-22(19)25/h2-15H,17H2,1H3,(H,32,33)/b21-13+. The topological polar surface area (TPSA) is 71.3 Å². The van der Waals surface area contributed by atoms with Gasteiger partial charge in [-0.1, -0.05) is 54.6 Å². The first-order valence-corrected chi connectivity index (χ1v) is 11.4. The van der Waals surface area contributed by atoms with Gasteiger partial charge >= 0.3 is 0 Å². The average Bonchev–Trinajstić information content (AvgIpc) is 2.87. The van der Waals surface area contributed by atoms with E-state index >= 15 is 0 Å². The fourth-order valence-corrected chi connectivity index (χ4v) is 4.14. The minimum Gasteiger partial charge on any atom is -0.493 e. The number of hydrogen-bond acceptors (Lipinski definition) is 4. The number of halogens is 2. The molecule has 174 valence electrons. The molecule has 0 spiro atoms. The molecule has 0 aliphatic carbocycles. The normalized spacial score (nSPS) is 11.1. The van der Waals surface area contributed by atoms with Crippen LogP contribution >= 0.6 is 15.9 Å². The highest BCUT2D eigenvalue weighted by Crippen LogP contribution is 2.38. The summed E-state index contributed by atoms with van der Waals surface area (Å²) in [6.07, 6.45) is 1.47. The van der Waals surface area contributed by atoms with E-state index in [9.17, 15) is 14.4 Å². The van der Waals surface area contributed by atoms with Crippen LogP contribution in [0.25, 0.3) is 16.8 Å². The Labute approximate surface area is 210 Å². The monoisotopic (exact) mass is 530 g/mol. The van der Waals surface area contributed by atoms with Gasteiger partial charge in [-0.3, -0.25) is 4.79 Å². The van der Waals surface area contributed by atoms with Gasteiger partial charge in [-0.05, 0) is 57.2 Å². The van der Waals surface area contributed by atoms with Gasteiger partial charge in [-0.25, -0.2) is 4.39 Å². The molecule has 5 nitrogen and oxygen atoms in total. The van der Waals surface area contributed by atoms with Crippen LogP contribution in [-0.2, 0) is 11.4 Å². The molecule has 0 fully saturated rings. The third-order valence-corrected chi connectivity index (χ3v) is 5.88. The number of ether oxygens (including phenoxy) is 2. The van der Waals surface area contributed by atoms with E-state index in [-0.39, 0.29) is 18.0 Å². The highest BCUT2D eigenvalue weighted by molar-refractivity contribution is 9.10. The van der Waals surface area contributed by atoms with E-state index in [0.717, 1.165) is 10.8 Å². The first-order valence-electron chi connectivity index (χ1n) is 10.6. The fourth-order valence-electron chi connectivity index (χ4n) is 3.57. The average molecular weight is 531 g/mol. The van der Waals surface area contributed by atoms with Gasteiger partial charge in [-0.2, -0.15) is 5.26 Å². The van der Waals surface area contributed by atoms with E-state index in [0.29, 0.717) is 32.8 Å². The summed E-state index contributed by atoms with van der Waals surface area (Å²) in [5.41, 5.74) is 1.50. The van der Waals surface area contributed by atoms with E-state index in [4.69, 9.17) is 9.47 Å². The van der Waals surface area contributed by atoms with Crippen LogP contribution in [0.1, 0.15) is 11.1 Å². The molecular weight excluding hydrogens is 511 g/mol. The van der Waals surface area contributed by atoms with Crippen LogP contribution < -0.4 is 14.8 Å². The lowest BCUT2D eigenvalue weighted by atomic mass is 10.1. The Morgan fingerprint density at radius 3 is 2.60 bits per heavy atom. The van der Waals surface area contributed by atoms with E-state index in [1.807, 2.05) is 42.5 Å². The fraction of sp³-hybridized carbons (Fsp3) is 0.0714. The molecule has 0 aromatic heterocycles. The molecular formula is C28H20BrFN2O3. The molecule has 0 unspecified atom stereocenters. The van der Waals surface area contributed by atoms with Crippen molar-refractivity contribution < 1.29 is 18.7 Å². The van der Waals surface area contributed by atoms with Crippen molar-refractivity contribution in [2.45, 2.75) is 6.61 Å². The zero-order valence-corrected chi connectivity index (χ0v) is 20.3. The molecule has 1 N–H and O–H groups in total. The van der Waals surface area contributed by atoms with E-state index in [1.54, 1.807) is 36.4 Å². The van der Waals surface area contributed by atoms with Gasteiger partial charge in [0.15, 0.2) is 11.5 Å². The van der Waals surface area contributed by atoms with Crippen molar-refractivity contribution >= 4 is 44.4 Å². The number of rotatable bonds is 7. The molecule has 7 heteroatoms. The largest absolute Gasteiger partial charge is 0.493 e. The molecule has 35 heavy (non-hydrogen) atoms. The summed E-state index contributed by atoms with van der Waals surface area (Å²) in [5, 5.41) is 14.3. The maximum Gasteiger partial charge on any atom is 0.266 e. The first kappa shape index (κ1) is 24.0. The van der Waals surface area contributed by atoms with Crippen LogP contribution in [0.2, 0.25) is 0 Å². The quantitative estimate of drug-likeness (QED) is 0.209. The summed E-state index contributed by atoms with van der Waals surface area (Å²) in [6.45, 7) is 0.00764. The summed E-state index contributed by atoms with van der Waals surface area (Å²) in [6, 6.07) is 24.9. The van der Waals surface area contributed by atoms with Crippen molar-refractivity contribution in [1.29, 1.82) is 5.26 Å². The Hall–Kier alpha value is -4.15. The van der Waals surface area contributed by atoms with Crippen molar-refractivity contribution in [3.05, 3.63) is 106 Å². The van der Waals surface area contributed by atoms with Gasteiger partial charge in [0.05, 0.1) is 11.6 Å². The predicted octanol–water partition coefficient (Wildman–Crippen LogP) is 6.87. The van der Waals surface area contributed by atoms with Crippen LogP contribution in [0.4, 0.5) is 10.1 Å². The van der Waals surface area contributed by atoms with E-state index in [2.05, 4.69) is 21.2 Å². The number of fused-ring (bicyclic) bond motifs is 1. The van der Waals surface area contributed by atoms with Gasteiger partial charge in [0.1, 0.15) is 24.1 Å². The van der Waals surface area contributed by atoms with Crippen LogP contribution in [0, 0.1) is 17.1 Å². The molecule has 0 atom stereocenters. The molecule has 0 aliphatic heterocycles. The number of nitriles is 1. The Bertz CT molecular complexity index is 1470. The number of nitrogens with zero attached hydrogens (tertiary/aromatic N) is 1. The van der Waals surface area contributed by atoms with E-state index in [1.165, 1.54) is 19.3 Å². The van der Waals surface area contributed by atoms with Crippen molar-refractivity contribution in [3.63, 3.8) is 0 Å². The Morgan fingerprint density at radius 2 is 1.83 bits per heavy atom. The summed E-state index contributed by atoms with van der Waals surface area (Å²) in [4.78, 5) is 12.9. The second kappa shape index (κ2) is 10.9. The first-order chi connectivity index (χ1) is 17.0. The third kappa shape index (κ3) is 5.51. The summed E-state index contributed by atoms with van der Waals surface area (Å²) in [5.74, 6) is -0.142. The zero-order valence-electron chi connectivity index (χ0n) is 18.7. The van der Waals surface area contributed by atoms with Gasteiger partial charge < -0.3 is 14.8 Å². The maximum atomic E-state index is 13.9. The number of carbonyl (C=O) groups is 1. The van der Waals surface area contributed by atoms with Crippen LogP contribution in [0.3, 0.4) is 0 Å². The Morgan fingerprint density at radius 1 is 1.09 bits per heavy atom. The lowest BCUT2D eigenvalue weighted by Gasteiger charge is -2.14. The van der Waals surface area contributed by atoms with Crippen molar-refractivity contribution in [3.8, 4) is 17.6 Å². The molecule has 0 aliphatic rings. The molecule has 4 aromatic carbocycles. The molecule has 1 amide bonds. The highest BCUT2D eigenvalue weighted by atomic mass is 79.9. The summed E-state index contributed by atoms with van der Waals surface area (Å²) >= 11 is 3.45. The Kier molecular flexibility index (Phi) is 7.44. The number of benzene rings is 4. The molecule has 0 radical (unpaired) electrons. The molecule has 0 heterocycles. The molecule has 4 rings (SSSR count). The lowest BCUT2D eigenvalue weighted by molar-refractivity contribution is -0.112. The van der Waals surface area contributed by atoms with Crippen molar-refractivity contribution in [2.24, 2.45) is 0 Å². The van der Waals surface area contributed by atoms with Crippen LogP contribution in [-0.4, -0.2) is 13.0 Å². The maximum absolute atomic E-state index is 13.9. The van der Waals surface area contributed by atoms with Gasteiger partial charge in [0, 0.05) is 16.6 Å². The zero-order chi connectivity index (χ0) is 24.8. The number of amides is 1. The van der Waals surface area contributed by atoms with Crippen LogP contribution in [0.5, 0.6) is 11.5 Å². The van der Waals surface area contributed by atoms with Crippen molar-refractivity contribution in [2.75, 3.05) is 12.4 Å². The number of carbonyl (C=O) groups excluding carboxylic acids is 1. The molecule has 4 aromatic rings. The number of hydrogen-bond donors (Lipinski definition) is 1. The predicted molar refractivity (Wildman–Crippen MR) is 138 cm³/mol. The Balaban J connectivity index is 1.58. The minimum absolute atomic E-state index is 0.00764. The molecule has 0 bridgehead atoms. The second-order valence-corrected chi connectivity index (χ2v) is 8.42. The molecule has 0 saturated carbocycles. The van der Waals surface area contributed by atoms with Crippen molar-refractivity contribution in [1.82, 2.24) is 0 Å².